The van der Waals surface area contributed by atoms with Crippen molar-refractivity contribution in [3.05, 3.63) is 0 Å². The van der Waals surface area contributed by atoms with Crippen molar-refractivity contribution in [2.45, 2.75) is 0 Å². The Morgan fingerprint density at radius 1 is 1.83 bits per heavy atom. The molecule has 0 amide bonds. The summed E-state index contributed by atoms with van der Waals surface area (Å²) in [7, 11) is 0. The van der Waals surface area contributed by atoms with Crippen molar-refractivity contribution in [2.75, 3.05) is 5.33 Å². The summed E-state index contributed by atoms with van der Waals surface area (Å²) in [6.07, 6.45) is 0. The first-order valence-electron chi connectivity index (χ1n) is 1.03. The van der Waals surface area contributed by atoms with E-state index in [-0.39, 0.29) is 34.9 Å². The van der Waals surface area contributed by atoms with E-state index in [1.807, 2.05) is 0 Å². The fourth-order valence-corrected chi connectivity index (χ4v) is 0. The van der Waals surface area contributed by atoms with Crippen molar-refractivity contribution in [2.24, 2.45) is 0 Å². The SMILES string of the molecule is O=C([O-])CBr.[Na+]. The van der Waals surface area contributed by atoms with E-state index in [1.54, 1.807) is 0 Å². The molecule has 0 heterocycles. The van der Waals surface area contributed by atoms with Gasteiger partial charge in [-0.3, -0.25) is 0 Å². The minimum absolute atomic E-state index is 0. The molecule has 0 bridgehead atoms. The molecule has 0 unspecified atom stereocenters. The van der Waals surface area contributed by atoms with E-state index in [4.69, 9.17) is 0 Å². The number of rotatable bonds is 1. The summed E-state index contributed by atoms with van der Waals surface area (Å²) >= 11 is 2.65. The van der Waals surface area contributed by atoms with Crippen LogP contribution in [0.3, 0.4) is 0 Å². The number of aliphatic carboxylic acids is 1. The molecule has 0 N–H and O–H groups in total. The molecular weight excluding hydrogens is 159 g/mol. The van der Waals surface area contributed by atoms with Crippen LogP contribution in [-0.4, -0.2) is 11.3 Å². The quantitative estimate of drug-likeness (QED) is 0.291. The number of carboxylic acids is 1. The molecule has 0 atom stereocenters. The summed E-state index contributed by atoms with van der Waals surface area (Å²) in [6, 6.07) is 0. The molecule has 0 spiro atoms. The van der Waals surface area contributed by atoms with Crippen LogP contribution in [0.1, 0.15) is 0 Å². The van der Waals surface area contributed by atoms with Crippen LogP contribution in [0.4, 0.5) is 0 Å². The number of carboxylic acid groups (broad SMARTS) is 1. The molecule has 0 aromatic carbocycles. The molecule has 0 aromatic heterocycles. The van der Waals surface area contributed by atoms with E-state index in [9.17, 15) is 9.90 Å². The fraction of sp³-hybridized carbons (Fsp3) is 0.500. The van der Waals surface area contributed by atoms with Gasteiger partial charge in [0.2, 0.25) is 0 Å². The molecule has 0 radical (unpaired) electrons. The Balaban J connectivity index is 0. The number of hydrogen-bond acceptors (Lipinski definition) is 2. The molecule has 0 rings (SSSR count). The molecule has 0 aromatic rings. The summed E-state index contributed by atoms with van der Waals surface area (Å²) in [4.78, 5) is 9.21. The zero-order valence-electron chi connectivity index (χ0n) is 3.40. The molecule has 0 aliphatic rings. The molecule has 0 aliphatic carbocycles. The third kappa shape index (κ3) is 8.87. The molecular formula is C2H2BrNaO2. The maximum Gasteiger partial charge on any atom is 1.00 e. The van der Waals surface area contributed by atoms with Crippen LogP contribution in [0.5, 0.6) is 0 Å². The van der Waals surface area contributed by atoms with Gasteiger partial charge in [0.1, 0.15) is 0 Å². The van der Waals surface area contributed by atoms with Crippen LogP contribution in [0.25, 0.3) is 0 Å². The van der Waals surface area contributed by atoms with Gasteiger partial charge in [-0.2, -0.15) is 0 Å². The fourth-order valence-electron chi connectivity index (χ4n) is 0. The minimum atomic E-state index is -1.08. The first-order chi connectivity index (χ1) is 2.27. The third-order valence-corrected chi connectivity index (χ3v) is 0.567. The zero-order valence-corrected chi connectivity index (χ0v) is 6.99. The van der Waals surface area contributed by atoms with Crippen molar-refractivity contribution >= 4 is 21.9 Å². The van der Waals surface area contributed by atoms with E-state index >= 15 is 0 Å². The van der Waals surface area contributed by atoms with E-state index in [1.165, 1.54) is 0 Å². The van der Waals surface area contributed by atoms with Gasteiger partial charge in [-0.15, -0.1) is 0 Å². The van der Waals surface area contributed by atoms with Gasteiger partial charge in [-0.1, -0.05) is 15.9 Å². The second kappa shape index (κ2) is 5.95. The number of carbonyl (C=O) groups is 1. The van der Waals surface area contributed by atoms with Gasteiger partial charge in [0.05, 0.1) is 5.97 Å². The largest absolute Gasteiger partial charge is 1.00 e. The average Bonchev–Trinajstić information content (AvgIpc) is 1.38. The Morgan fingerprint density at radius 2 is 2.00 bits per heavy atom. The first kappa shape index (κ1) is 10.0. The number of halogens is 1. The molecule has 0 saturated carbocycles. The topological polar surface area (TPSA) is 40.1 Å². The van der Waals surface area contributed by atoms with Crippen molar-refractivity contribution in [1.29, 1.82) is 0 Å². The zero-order chi connectivity index (χ0) is 4.28. The van der Waals surface area contributed by atoms with Gasteiger partial charge in [-0.05, 0) is 0 Å². The maximum absolute atomic E-state index is 9.21. The molecule has 30 valence electrons. The van der Waals surface area contributed by atoms with Crippen molar-refractivity contribution in [1.82, 2.24) is 0 Å². The van der Waals surface area contributed by atoms with Crippen LogP contribution in [0.15, 0.2) is 0 Å². The van der Waals surface area contributed by atoms with Crippen LogP contribution in [-0.2, 0) is 4.79 Å². The first-order valence-corrected chi connectivity index (χ1v) is 2.15. The van der Waals surface area contributed by atoms with Gasteiger partial charge in [0.15, 0.2) is 0 Å². The summed E-state index contributed by atoms with van der Waals surface area (Å²) in [5.41, 5.74) is 0. The predicted molar refractivity (Wildman–Crippen MR) is 18.8 cm³/mol. The van der Waals surface area contributed by atoms with Crippen molar-refractivity contribution in [3.63, 3.8) is 0 Å². The Kier molecular flexibility index (Phi) is 9.96. The average molecular weight is 161 g/mol. The summed E-state index contributed by atoms with van der Waals surface area (Å²) in [6.45, 7) is 0. The Hall–Kier alpha value is 0.950. The summed E-state index contributed by atoms with van der Waals surface area (Å²) in [5, 5.41) is 9.13. The monoisotopic (exact) mass is 160 g/mol. The third-order valence-electron chi connectivity index (χ3n) is 0.109. The maximum atomic E-state index is 9.21. The second-order valence-corrected chi connectivity index (χ2v) is 1.07. The standard InChI is InChI=1S/C2H3BrO2.Na/c3-1-2(4)5;/h1H2,(H,4,5);/q;+1/p-1. The van der Waals surface area contributed by atoms with Crippen LogP contribution < -0.4 is 34.7 Å². The minimum Gasteiger partial charge on any atom is -0.549 e. The molecule has 4 heteroatoms. The van der Waals surface area contributed by atoms with Crippen LogP contribution in [0.2, 0.25) is 0 Å². The van der Waals surface area contributed by atoms with Gasteiger partial charge in [-0.25, -0.2) is 0 Å². The molecule has 0 fully saturated rings. The Labute approximate surface area is 66.3 Å². The van der Waals surface area contributed by atoms with Gasteiger partial charge in [0, 0.05) is 5.33 Å². The van der Waals surface area contributed by atoms with Crippen molar-refractivity contribution in [3.8, 4) is 0 Å². The van der Waals surface area contributed by atoms with Gasteiger partial charge in [0.25, 0.3) is 0 Å². The van der Waals surface area contributed by atoms with Crippen LogP contribution >= 0.6 is 15.9 Å². The van der Waals surface area contributed by atoms with E-state index in [0.717, 1.165) is 0 Å². The van der Waals surface area contributed by atoms with E-state index < -0.39 is 5.97 Å². The van der Waals surface area contributed by atoms with Crippen molar-refractivity contribution < 1.29 is 39.5 Å². The van der Waals surface area contributed by atoms with Crippen LogP contribution in [0, 0.1) is 0 Å². The molecule has 0 aliphatic heterocycles. The van der Waals surface area contributed by atoms with E-state index in [2.05, 4.69) is 15.9 Å². The van der Waals surface area contributed by atoms with Gasteiger partial charge < -0.3 is 9.90 Å². The predicted octanol–water partition coefficient (Wildman–Crippen LogP) is -3.86. The number of alkyl halides is 1. The molecule has 2 nitrogen and oxygen atoms in total. The smallest absolute Gasteiger partial charge is 0.549 e. The Morgan fingerprint density at radius 3 is 2.00 bits per heavy atom. The normalized spacial score (nSPS) is 6.17. The second-order valence-electron chi connectivity index (χ2n) is 0.506. The molecule has 0 saturated heterocycles. The summed E-state index contributed by atoms with van der Waals surface area (Å²) in [5.74, 6) is -1.08. The van der Waals surface area contributed by atoms with Gasteiger partial charge >= 0.3 is 29.6 Å². The van der Waals surface area contributed by atoms with E-state index in [0.29, 0.717) is 0 Å². The Bertz CT molecular complexity index is 46.8. The number of hydrogen-bond donors (Lipinski definition) is 0. The summed E-state index contributed by atoms with van der Waals surface area (Å²) < 4.78 is 0. The number of carbonyl (C=O) groups excluding carboxylic acids is 1. The molecule has 6 heavy (non-hydrogen) atoms.